The molecule has 2 heterocycles. The van der Waals surface area contributed by atoms with E-state index in [-0.39, 0.29) is 6.01 Å². The lowest BCUT2D eigenvalue weighted by atomic mass is 10.2. The van der Waals surface area contributed by atoms with Crippen molar-refractivity contribution in [3.8, 4) is 12.1 Å². The van der Waals surface area contributed by atoms with Crippen molar-refractivity contribution in [3.05, 3.63) is 5.82 Å². The van der Waals surface area contributed by atoms with E-state index in [4.69, 9.17) is 14.8 Å². The standard InChI is InChI=1S/C10H12N6O2/c1-16(2)9-12-8(13-10(14-9)17-3)7-4-6(5-11)18-15-7/h6H,4H2,1-3H3. The van der Waals surface area contributed by atoms with Crippen molar-refractivity contribution in [3.63, 3.8) is 0 Å². The third-order valence-corrected chi connectivity index (χ3v) is 2.26. The van der Waals surface area contributed by atoms with E-state index in [1.54, 1.807) is 4.90 Å². The van der Waals surface area contributed by atoms with Crippen molar-refractivity contribution >= 4 is 11.7 Å². The predicted octanol–water partition coefficient (Wildman–Crippen LogP) is -0.0372. The normalized spacial score (nSPS) is 17.7. The third kappa shape index (κ3) is 2.29. The van der Waals surface area contributed by atoms with Gasteiger partial charge in [0.05, 0.1) is 13.5 Å². The van der Waals surface area contributed by atoms with E-state index in [1.807, 2.05) is 20.2 Å². The minimum absolute atomic E-state index is 0.201. The predicted molar refractivity (Wildman–Crippen MR) is 62.3 cm³/mol. The number of aromatic nitrogens is 3. The van der Waals surface area contributed by atoms with Crippen molar-refractivity contribution < 1.29 is 9.57 Å². The highest BCUT2D eigenvalue weighted by molar-refractivity contribution is 5.98. The van der Waals surface area contributed by atoms with Gasteiger partial charge in [0.1, 0.15) is 11.8 Å². The molecular formula is C10H12N6O2. The van der Waals surface area contributed by atoms with E-state index < -0.39 is 6.10 Å². The molecule has 1 unspecified atom stereocenters. The van der Waals surface area contributed by atoms with E-state index in [0.29, 0.717) is 23.9 Å². The first-order valence-corrected chi connectivity index (χ1v) is 5.24. The Balaban J connectivity index is 2.34. The Morgan fingerprint density at radius 1 is 1.39 bits per heavy atom. The molecule has 0 saturated heterocycles. The van der Waals surface area contributed by atoms with Gasteiger partial charge < -0.3 is 14.5 Å². The number of rotatable bonds is 3. The molecule has 0 aromatic carbocycles. The van der Waals surface area contributed by atoms with E-state index >= 15 is 0 Å². The van der Waals surface area contributed by atoms with Crippen LogP contribution in [0.1, 0.15) is 12.2 Å². The van der Waals surface area contributed by atoms with Crippen molar-refractivity contribution in [1.29, 1.82) is 5.26 Å². The largest absolute Gasteiger partial charge is 0.467 e. The average Bonchev–Trinajstić information content (AvgIpc) is 2.86. The molecule has 0 fully saturated rings. The molecule has 0 spiro atoms. The Morgan fingerprint density at radius 3 is 2.72 bits per heavy atom. The molecule has 0 bridgehead atoms. The number of hydrogen-bond donors (Lipinski definition) is 0. The summed E-state index contributed by atoms with van der Waals surface area (Å²) >= 11 is 0. The number of nitriles is 1. The zero-order chi connectivity index (χ0) is 13.1. The van der Waals surface area contributed by atoms with Gasteiger partial charge >= 0.3 is 6.01 Å². The van der Waals surface area contributed by atoms with Crippen molar-refractivity contribution in [1.82, 2.24) is 15.0 Å². The fourth-order valence-corrected chi connectivity index (χ4v) is 1.34. The molecule has 2 rings (SSSR count). The van der Waals surface area contributed by atoms with Gasteiger partial charge in [0.15, 0.2) is 5.82 Å². The van der Waals surface area contributed by atoms with Crippen LogP contribution in [-0.2, 0) is 4.84 Å². The Hall–Kier alpha value is -2.43. The lowest BCUT2D eigenvalue weighted by molar-refractivity contribution is 0.125. The van der Waals surface area contributed by atoms with Gasteiger partial charge in [-0.25, -0.2) is 0 Å². The van der Waals surface area contributed by atoms with Crippen LogP contribution in [0.2, 0.25) is 0 Å². The quantitative estimate of drug-likeness (QED) is 0.740. The second-order valence-corrected chi connectivity index (χ2v) is 3.81. The maximum atomic E-state index is 8.74. The van der Waals surface area contributed by atoms with Gasteiger partial charge in [0.25, 0.3) is 0 Å². The molecule has 18 heavy (non-hydrogen) atoms. The minimum atomic E-state index is -0.578. The number of oxime groups is 1. The fourth-order valence-electron chi connectivity index (χ4n) is 1.34. The van der Waals surface area contributed by atoms with E-state index in [9.17, 15) is 0 Å². The van der Waals surface area contributed by atoms with Crippen LogP contribution in [0.4, 0.5) is 5.95 Å². The number of nitrogens with zero attached hydrogens (tertiary/aromatic N) is 6. The van der Waals surface area contributed by atoms with Crippen LogP contribution in [0.5, 0.6) is 6.01 Å². The molecule has 8 nitrogen and oxygen atoms in total. The monoisotopic (exact) mass is 248 g/mol. The van der Waals surface area contributed by atoms with Gasteiger partial charge in [0.2, 0.25) is 12.1 Å². The van der Waals surface area contributed by atoms with Crippen molar-refractivity contribution in [2.24, 2.45) is 5.16 Å². The van der Waals surface area contributed by atoms with Crippen LogP contribution in [0.3, 0.4) is 0 Å². The van der Waals surface area contributed by atoms with E-state index in [1.165, 1.54) is 7.11 Å². The third-order valence-electron chi connectivity index (χ3n) is 2.26. The molecule has 1 aliphatic rings. The maximum absolute atomic E-state index is 8.74. The van der Waals surface area contributed by atoms with Crippen molar-refractivity contribution in [2.45, 2.75) is 12.5 Å². The molecule has 1 aromatic heterocycles. The molecule has 0 amide bonds. The van der Waals surface area contributed by atoms with Gasteiger partial charge in [-0.3, -0.25) is 0 Å². The second-order valence-electron chi connectivity index (χ2n) is 3.81. The van der Waals surface area contributed by atoms with Gasteiger partial charge in [-0.05, 0) is 0 Å². The van der Waals surface area contributed by atoms with Crippen LogP contribution in [0.25, 0.3) is 0 Å². The molecule has 1 atom stereocenters. The Morgan fingerprint density at radius 2 is 2.17 bits per heavy atom. The van der Waals surface area contributed by atoms with Crippen LogP contribution in [-0.4, -0.2) is 48.0 Å². The van der Waals surface area contributed by atoms with Gasteiger partial charge in [-0.15, -0.1) is 0 Å². The number of anilines is 1. The van der Waals surface area contributed by atoms with Gasteiger partial charge in [-0.1, -0.05) is 5.16 Å². The molecule has 0 aliphatic carbocycles. The van der Waals surface area contributed by atoms with E-state index in [2.05, 4.69) is 20.1 Å². The summed E-state index contributed by atoms with van der Waals surface area (Å²) in [5.41, 5.74) is 0.519. The van der Waals surface area contributed by atoms with Gasteiger partial charge in [0, 0.05) is 14.1 Å². The average molecular weight is 248 g/mol. The topological polar surface area (TPSA) is 96.5 Å². The van der Waals surface area contributed by atoms with Gasteiger partial charge in [-0.2, -0.15) is 20.2 Å². The van der Waals surface area contributed by atoms with Crippen molar-refractivity contribution in [2.75, 3.05) is 26.1 Å². The van der Waals surface area contributed by atoms with Crippen LogP contribution >= 0.6 is 0 Å². The zero-order valence-corrected chi connectivity index (χ0v) is 10.3. The maximum Gasteiger partial charge on any atom is 0.321 e. The molecule has 0 N–H and O–H groups in total. The van der Waals surface area contributed by atoms with Crippen LogP contribution in [0.15, 0.2) is 5.16 Å². The summed E-state index contributed by atoms with van der Waals surface area (Å²) in [5, 5.41) is 12.5. The Kier molecular flexibility index (Phi) is 3.23. The first-order valence-electron chi connectivity index (χ1n) is 5.24. The lowest BCUT2D eigenvalue weighted by Gasteiger charge is -2.11. The SMILES string of the molecule is COc1nc(C2=NOC(C#N)C2)nc(N(C)C)n1. The molecule has 94 valence electrons. The highest BCUT2D eigenvalue weighted by atomic mass is 16.6. The zero-order valence-electron chi connectivity index (χ0n) is 10.3. The highest BCUT2D eigenvalue weighted by Gasteiger charge is 2.25. The summed E-state index contributed by atoms with van der Waals surface area (Å²) in [5.74, 6) is 0.822. The molecular weight excluding hydrogens is 236 g/mol. The first kappa shape index (κ1) is 12.0. The summed E-state index contributed by atoms with van der Waals surface area (Å²) in [6.07, 6.45) is -0.221. The van der Waals surface area contributed by atoms with E-state index in [0.717, 1.165) is 0 Å². The number of hydrogen-bond acceptors (Lipinski definition) is 8. The molecule has 8 heteroatoms. The minimum Gasteiger partial charge on any atom is -0.467 e. The fraction of sp³-hybridized carbons (Fsp3) is 0.500. The smallest absolute Gasteiger partial charge is 0.321 e. The lowest BCUT2D eigenvalue weighted by Crippen LogP contribution is -2.17. The molecule has 1 aliphatic heterocycles. The summed E-state index contributed by atoms with van der Waals surface area (Å²) in [4.78, 5) is 19.1. The Labute approximate surface area is 104 Å². The molecule has 0 radical (unpaired) electrons. The number of methoxy groups -OCH3 is 1. The summed E-state index contributed by atoms with van der Waals surface area (Å²) < 4.78 is 5.01. The first-order chi connectivity index (χ1) is 8.63. The molecule has 1 aromatic rings. The summed E-state index contributed by atoms with van der Waals surface area (Å²) in [6.45, 7) is 0. The Bertz CT molecular complexity index is 522. The summed E-state index contributed by atoms with van der Waals surface area (Å²) in [7, 11) is 5.09. The van der Waals surface area contributed by atoms with Crippen LogP contribution < -0.4 is 9.64 Å². The second kappa shape index (κ2) is 4.83. The number of ether oxygens (including phenoxy) is 1. The summed E-state index contributed by atoms with van der Waals surface area (Å²) in [6, 6.07) is 2.18. The highest BCUT2D eigenvalue weighted by Crippen LogP contribution is 2.17. The molecule has 0 saturated carbocycles. The van der Waals surface area contributed by atoms with Crippen LogP contribution in [0, 0.1) is 11.3 Å².